The van der Waals surface area contributed by atoms with Gasteiger partial charge in [-0.15, -0.1) is 0 Å². The lowest BCUT2D eigenvalue weighted by Gasteiger charge is -2.08. The number of halogens is 1. The van der Waals surface area contributed by atoms with E-state index in [2.05, 4.69) is 18.2 Å². The van der Waals surface area contributed by atoms with Crippen LogP contribution < -0.4 is 0 Å². The summed E-state index contributed by atoms with van der Waals surface area (Å²) >= 11 is 0. The van der Waals surface area contributed by atoms with E-state index >= 15 is 0 Å². The SMILES string of the molecule is Fc1ccc(-c2nc(-c3ccccc3)nc(-c3ccc(-c4nc5ccc6ccc7oc8ccccc8c7c6c5o4)cc3)n2)cc1. The number of hydrogen-bond acceptors (Lipinski definition) is 6. The molecule has 6 nitrogen and oxygen atoms in total. The monoisotopic (exact) mass is 584 g/mol. The van der Waals surface area contributed by atoms with Crippen molar-refractivity contribution < 1.29 is 13.2 Å². The lowest BCUT2D eigenvalue weighted by atomic mass is 10.0. The van der Waals surface area contributed by atoms with E-state index in [1.165, 1.54) is 12.1 Å². The van der Waals surface area contributed by atoms with E-state index in [1.54, 1.807) is 12.1 Å². The van der Waals surface area contributed by atoms with E-state index in [4.69, 9.17) is 28.8 Å². The van der Waals surface area contributed by atoms with Gasteiger partial charge in [0.25, 0.3) is 0 Å². The first-order valence-electron chi connectivity index (χ1n) is 14.5. The summed E-state index contributed by atoms with van der Waals surface area (Å²) in [4.78, 5) is 19.1. The van der Waals surface area contributed by atoms with Crippen LogP contribution in [0, 0.1) is 5.82 Å². The van der Waals surface area contributed by atoms with Gasteiger partial charge in [0, 0.05) is 38.4 Å². The zero-order valence-electron chi connectivity index (χ0n) is 23.6. The number of aromatic nitrogens is 4. The van der Waals surface area contributed by atoms with Crippen molar-refractivity contribution in [1.82, 2.24) is 19.9 Å². The first kappa shape index (κ1) is 25.3. The Morgan fingerprint density at radius 2 is 1.04 bits per heavy atom. The van der Waals surface area contributed by atoms with Crippen LogP contribution in [0.2, 0.25) is 0 Å². The van der Waals surface area contributed by atoms with E-state index in [9.17, 15) is 4.39 Å². The molecule has 6 aromatic carbocycles. The Kier molecular flexibility index (Phi) is 5.58. The molecule has 0 saturated carbocycles. The van der Waals surface area contributed by atoms with Crippen molar-refractivity contribution in [3.05, 3.63) is 133 Å². The summed E-state index contributed by atoms with van der Waals surface area (Å²) in [5, 5.41) is 4.10. The van der Waals surface area contributed by atoms with Gasteiger partial charge in [0.15, 0.2) is 23.1 Å². The summed E-state index contributed by atoms with van der Waals surface area (Å²) in [6, 6.07) is 39.8. The molecule has 0 unspecified atom stereocenters. The first-order valence-corrected chi connectivity index (χ1v) is 14.5. The first-order chi connectivity index (χ1) is 22.2. The number of benzene rings is 6. The number of fused-ring (bicyclic) bond motifs is 7. The van der Waals surface area contributed by atoms with Crippen LogP contribution in [0.4, 0.5) is 4.39 Å². The van der Waals surface area contributed by atoms with Crippen LogP contribution in [0.3, 0.4) is 0 Å². The van der Waals surface area contributed by atoms with Crippen LogP contribution >= 0.6 is 0 Å². The van der Waals surface area contributed by atoms with Crippen LogP contribution in [-0.2, 0) is 0 Å². The number of hydrogen-bond donors (Lipinski definition) is 0. The molecule has 3 heterocycles. The maximum Gasteiger partial charge on any atom is 0.227 e. The molecule has 212 valence electrons. The van der Waals surface area contributed by atoms with E-state index in [0.29, 0.717) is 28.9 Å². The predicted molar refractivity (Wildman–Crippen MR) is 174 cm³/mol. The minimum absolute atomic E-state index is 0.318. The number of rotatable bonds is 4. The van der Waals surface area contributed by atoms with E-state index in [-0.39, 0.29) is 5.82 Å². The second-order valence-electron chi connectivity index (χ2n) is 10.8. The zero-order valence-corrected chi connectivity index (χ0v) is 23.6. The maximum atomic E-state index is 13.7. The van der Waals surface area contributed by atoms with Gasteiger partial charge in [-0.1, -0.05) is 72.8 Å². The zero-order chi connectivity index (χ0) is 29.9. The van der Waals surface area contributed by atoms with Crippen molar-refractivity contribution in [2.24, 2.45) is 0 Å². The smallest absolute Gasteiger partial charge is 0.227 e. The molecule has 45 heavy (non-hydrogen) atoms. The lowest BCUT2D eigenvalue weighted by Crippen LogP contribution is -2.00. The second-order valence-corrected chi connectivity index (χ2v) is 10.8. The fourth-order valence-electron chi connectivity index (χ4n) is 5.84. The highest BCUT2D eigenvalue weighted by Gasteiger charge is 2.18. The number of oxazole rings is 1. The molecule has 7 heteroatoms. The highest BCUT2D eigenvalue weighted by Crippen LogP contribution is 2.39. The van der Waals surface area contributed by atoms with Gasteiger partial charge in [-0.3, -0.25) is 0 Å². The molecule has 0 fully saturated rings. The predicted octanol–water partition coefficient (Wildman–Crippen LogP) is 9.87. The molecule has 0 amide bonds. The Bertz CT molecular complexity index is 2540. The van der Waals surface area contributed by atoms with Crippen molar-refractivity contribution in [3.63, 3.8) is 0 Å². The molecule has 0 spiro atoms. The maximum absolute atomic E-state index is 13.7. The van der Waals surface area contributed by atoms with Crippen LogP contribution in [0.25, 0.3) is 89.4 Å². The van der Waals surface area contributed by atoms with E-state index in [1.807, 2.05) is 84.9 Å². The van der Waals surface area contributed by atoms with Crippen LogP contribution in [0.15, 0.2) is 136 Å². The second kappa shape index (κ2) is 9.92. The average molecular weight is 585 g/mol. The molecule has 0 aliphatic heterocycles. The fourth-order valence-corrected chi connectivity index (χ4v) is 5.84. The lowest BCUT2D eigenvalue weighted by molar-refractivity contribution is 0.623. The normalized spacial score (nSPS) is 11.7. The molecule has 0 bridgehead atoms. The molecule has 0 radical (unpaired) electrons. The van der Waals surface area contributed by atoms with Crippen LogP contribution in [0.1, 0.15) is 0 Å². The van der Waals surface area contributed by atoms with Crippen molar-refractivity contribution in [2.75, 3.05) is 0 Å². The average Bonchev–Trinajstić information content (AvgIpc) is 3.71. The number of nitrogens with zero attached hydrogens (tertiary/aromatic N) is 4. The molecule has 0 N–H and O–H groups in total. The van der Waals surface area contributed by atoms with Crippen molar-refractivity contribution in [1.29, 1.82) is 0 Å². The van der Waals surface area contributed by atoms with Crippen LogP contribution in [-0.4, -0.2) is 19.9 Å². The Labute approximate surface area is 255 Å². The number of para-hydroxylation sites is 1. The molecule has 0 atom stereocenters. The third-order valence-electron chi connectivity index (χ3n) is 8.04. The van der Waals surface area contributed by atoms with Gasteiger partial charge in [0.2, 0.25) is 5.89 Å². The number of furan rings is 1. The largest absolute Gasteiger partial charge is 0.456 e. The highest BCUT2D eigenvalue weighted by atomic mass is 19.1. The summed E-state index contributed by atoms with van der Waals surface area (Å²) in [7, 11) is 0. The highest BCUT2D eigenvalue weighted by molar-refractivity contribution is 6.25. The van der Waals surface area contributed by atoms with Gasteiger partial charge in [0.05, 0.1) is 0 Å². The molecule has 0 saturated heterocycles. The van der Waals surface area contributed by atoms with Gasteiger partial charge in [-0.25, -0.2) is 24.3 Å². The standard InChI is InChI=1S/C38H21FN4O2/c39-27-18-14-25(15-19-27)37-42-35(23-6-2-1-3-7-23)41-36(43-37)24-10-12-26(13-11-24)38-40-29-20-16-22-17-21-31-33(32(22)34(29)45-38)28-8-4-5-9-30(28)44-31/h1-21H. The Morgan fingerprint density at radius 1 is 0.444 bits per heavy atom. The van der Waals surface area contributed by atoms with Gasteiger partial charge in [0.1, 0.15) is 22.5 Å². The summed E-state index contributed by atoms with van der Waals surface area (Å²) in [6.45, 7) is 0. The summed E-state index contributed by atoms with van der Waals surface area (Å²) < 4.78 is 26.3. The summed E-state index contributed by atoms with van der Waals surface area (Å²) in [5.74, 6) is 1.70. The van der Waals surface area contributed by atoms with Gasteiger partial charge < -0.3 is 8.83 Å². The van der Waals surface area contributed by atoms with Gasteiger partial charge >= 0.3 is 0 Å². The van der Waals surface area contributed by atoms with Crippen LogP contribution in [0.5, 0.6) is 0 Å². The summed E-state index contributed by atoms with van der Waals surface area (Å²) in [5.41, 5.74) is 6.32. The minimum Gasteiger partial charge on any atom is -0.456 e. The third-order valence-corrected chi connectivity index (χ3v) is 8.04. The molecule has 0 aliphatic rings. The molecule has 9 rings (SSSR count). The van der Waals surface area contributed by atoms with Crippen molar-refractivity contribution in [2.45, 2.75) is 0 Å². The van der Waals surface area contributed by atoms with E-state index in [0.717, 1.165) is 60.5 Å². The minimum atomic E-state index is -0.318. The Hall–Kier alpha value is -6.21. The molecule has 0 aliphatic carbocycles. The Balaban J connectivity index is 1.15. The van der Waals surface area contributed by atoms with Crippen molar-refractivity contribution in [3.8, 4) is 45.6 Å². The van der Waals surface area contributed by atoms with E-state index < -0.39 is 0 Å². The quantitative estimate of drug-likeness (QED) is 0.205. The summed E-state index contributed by atoms with van der Waals surface area (Å²) in [6.07, 6.45) is 0. The third kappa shape index (κ3) is 4.24. The fraction of sp³-hybridized carbons (Fsp3) is 0. The molecular formula is C38H21FN4O2. The Morgan fingerprint density at radius 3 is 1.78 bits per heavy atom. The molecular weight excluding hydrogens is 563 g/mol. The van der Waals surface area contributed by atoms with Gasteiger partial charge in [-0.05, 0) is 60.0 Å². The topological polar surface area (TPSA) is 77.8 Å². The van der Waals surface area contributed by atoms with Crippen molar-refractivity contribution >= 4 is 43.8 Å². The molecule has 3 aromatic heterocycles. The molecule has 9 aromatic rings. The van der Waals surface area contributed by atoms with Gasteiger partial charge in [-0.2, -0.15) is 0 Å².